The van der Waals surface area contributed by atoms with Crippen molar-refractivity contribution in [2.45, 2.75) is 29.3 Å². The number of thioether (sulfide) groups is 1. The fourth-order valence-electron chi connectivity index (χ4n) is 4.07. The molecule has 8 nitrogen and oxygen atoms in total. The van der Waals surface area contributed by atoms with Gasteiger partial charge in [-0.2, -0.15) is 0 Å². The number of anilines is 1. The molecule has 2 unspecified atom stereocenters. The molecule has 0 aliphatic carbocycles. The van der Waals surface area contributed by atoms with Crippen LogP contribution in [0.25, 0.3) is 0 Å². The van der Waals surface area contributed by atoms with E-state index in [9.17, 15) is 27.2 Å². The molecule has 1 fully saturated rings. The minimum absolute atomic E-state index is 0.0313. The zero-order valence-electron chi connectivity index (χ0n) is 20.0. The van der Waals surface area contributed by atoms with Gasteiger partial charge in [-0.25, -0.2) is 14.4 Å². The number of benzene rings is 1. The number of hydrogen-bond donors (Lipinski definition) is 1. The van der Waals surface area contributed by atoms with Gasteiger partial charge in [0.25, 0.3) is 5.91 Å². The number of ether oxygens (including phenoxy) is 1. The van der Waals surface area contributed by atoms with Gasteiger partial charge in [0, 0.05) is 44.6 Å². The Balaban J connectivity index is 1.46. The molecule has 0 spiro atoms. The molecule has 2 atom stereocenters. The third-order valence-corrected chi connectivity index (χ3v) is 9.12. The van der Waals surface area contributed by atoms with E-state index >= 15 is 0 Å². The molecule has 15 heteroatoms. The van der Waals surface area contributed by atoms with E-state index in [4.69, 9.17) is 11.6 Å². The first kappa shape index (κ1) is 28.7. The number of amides is 2. The van der Waals surface area contributed by atoms with E-state index in [1.807, 2.05) is 27.5 Å². The number of pyridine rings is 1. The Morgan fingerprint density at radius 2 is 2.11 bits per heavy atom. The fraction of sp³-hybridized carbons (Fsp3) is 0.391. The highest BCUT2D eigenvalue weighted by Gasteiger charge is 2.40. The molecular weight excluding hydrogens is 665 g/mol. The maximum absolute atomic E-state index is 14.8. The quantitative estimate of drug-likeness (QED) is 0.208. The lowest BCUT2D eigenvalue weighted by atomic mass is 10.1. The van der Waals surface area contributed by atoms with Crippen LogP contribution in [0.2, 0.25) is 5.02 Å². The van der Waals surface area contributed by atoms with Gasteiger partial charge in [-0.15, -0.1) is 13.2 Å². The van der Waals surface area contributed by atoms with Crippen molar-refractivity contribution in [2.24, 2.45) is 4.99 Å². The van der Waals surface area contributed by atoms with Gasteiger partial charge in [0.05, 0.1) is 16.6 Å². The molecule has 38 heavy (non-hydrogen) atoms. The van der Waals surface area contributed by atoms with Crippen LogP contribution in [0.1, 0.15) is 29.3 Å². The molecule has 0 bridgehead atoms. The third kappa shape index (κ3) is 6.28. The van der Waals surface area contributed by atoms with Crippen LogP contribution in [0.15, 0.2) is 35.5 Å². The van der Waals surface area contributed by atoms with Crippen molar-refractivity contribution in [1.82, 2.24) is 15.2 Å². The van der Waals surface area contributed by atoms with Gasteiger partial charge < -0.3 is 19.9 Å². The largest absolute Gasteiger partial charge is 0.573 e. The van der Waals surface area contributed by atoms with Crippen molar-refractivity contribution in [3.63, 3.8) is 0 Å². The molecule has 2 aromatic rings. The van der Waals surface area contributed by atoms with Gasteiger partial charge in [-0.1, -0.05) is 35.5 Å². The molecule has 1 saturated heterocycles. The highest BCUT2D eigenvalue weighted by molar-refractivity contribution is 14.1. The van der Waals surface area contributed by atoms with E-state index in [-0.39, 0.29) is 39.0 Å². The predicted octanol–water partition coefficient (Wildman–Crippen LogP) is 4.95. The van der Waals surface area contributed by atoms with Crippen LogP contribution in [0.3, 0.4) is 0 Å². The van der Waals surface area contributed by atoms with Gasteiger partial charge in [-0.3, -0.25) is 9.59 Å². The molecule has 2 aliphatic rings. The van der Waals surface area contributed by atoms with Crippen LogP contribution < -0.4 is 15.0 Å². The van der Waals surface area contributed by atoms with Crippen molar-refractivity contribution < 1.29 is 31.9 Å². The smallest absolute Gasteiger partial charge is 0.403 e. The second kappa shape index (κ2) is 11.0. The number of rotatable bonds is 5. The molecule has 1 aromatic heterocycles. The second-order valence-corrected chi connectivity index (χ2v) is 11.8. The number of carbonyl (C=O) groups excluding carboxylic acids is 2. The summed E-state index contributed by atoms with van der Waals surface area (Å²) in [5.41, 5.74) is 0.0568. The van der Waals surface area contributed by atoms with Gasteiger partial charge in [0.15, 0.2) is 20.3 Å². The minimum atomic E-state index is -5.04. The molecule has 1 aromatic carbocycles. The summed E-state index contributed by atoms with van der Waals surface area (Å²) in [7, 11) is 1.74. The Labute approximate surface area is 238 Å². The van der Waals surface area contributed by atoms with Crippen molar-refractivity contribution in [3.05, 3.63) is 52.4 Å². The SMILES string of the molecule is CC(=O)N(C)C1CCN(c2ncc(C(=O)NC3=NC(I)(c4cccc(OC(F)(F)F)c4F)CS3)cc2Cl)C1. The van der Waals surface area contributed by atoms with Crippen LogP contribution in [-0.4, -0.2) is 65.2 Å². The lowest BCUT2D eigenvalue weighted by molar-refractivity contribution is -0.275. The van der Waals surface area contributed by atoms with Gasteiger partial charge in [0.2, 0.25) is 5.91 Å². The van der Waals surface area contributed by atoms with Crippen LogP contribution in [-0.2, 0) is 8.34 Å². The Hall–Kier alpha value is -2.33. The topological polar surface area (TPSA) is 87.1 Å². The molecular formula is C23H21ClF4IN5O3S. The van der Waals surface area contributed by atoms with Gasteiger partial charge in [0.1, 0.15) is 5.82 Å². The molecule has 4 rings (SSSR count). The van der Waals surface area contributed by atoms with Crippen LogP contribution >= 0.6 is 46.0 Å². The lowest BCUT2D eigenvalue weighted by Crippen LogP contribution is -2.37. The summed E-state index contributed by atoms with van der Waals surface area (Å²) >= 11 is 9.37. The molecule has 1 N–H and O–H groups in total. The first-order valence-electron chi connectivity index (χ1n) is 11.2. The first-order valence-corrected chi connectivity index (χ1v) is 13.6. The second-order valence-electron chi connectivity index (χ2n) is 8.63. The van der Waals surface area contributed by atoms with Gasteiger partial charge >= 0.3 is 6.36 Å². The number of halogens is 6. The van der Waals surface area contributed by atoms with E-state index in [1.165, 1.54) is 31.3 Å². The number of aliphatic imine (C=N–C) groups is 1. The Morgan fingerprint density at radius 3 is 2.76 bits per heavy atom. The number of likely N-dealkylation sites (N-methyl/N-ethyl adjacent to an activating group) is 1. The van der Waals surface area contributed by atoms with E-state index in [0.29, 0.717) is 18.9 Å². The van der Waals surface area contributed by atoms with Crippen molar-refractivity contribution in [1.29, 1.82) is 0 Å². The van der Waals surface area contributed by atoms with Crippen molar-refractivity contribution >= 4 is 68.8 Å². The predicted molar refractivity (Wildman–Crippen MR) is 144 cm³/mol. The summed E-state index contributed by atoms with van der Waals surface area (Å²) in [6.45, 7) is 2.72. The highest BCUT2D eigenvalue weighted by atomic mass is 127. The van der Waals surface area contributed by atoms with Crippen molar-refractivity contribution in [2.75, 3.05) is 30.8 Å². The Morgan fingerprint density at radius 1 is 1.37 bits per heavy atom. The highest BCUT2D eigenvalue weighted by Crippen LogP contribution is 2.45. The Kier molecular flexibility index (Phi) is 8.33. The Bertz CT molecular complexity index is 1300. The molecule has 0 saturated carbocycles. The molecule has 3 heterocycles. The van der Waals surface area contributed by atoms with E-state index in [2.05, 4.69) is 20.0 Å². The number of hydrogen-bond acceptors (Lipinski definition) is 7. The first-order chi connectivity index (χ1) is 17.8. The third-order valence-electron chi connectivity index (χ3n) is 6.09. The number of aromatic nitrogens is 1. The molecule has 2 aliphatic heterocycles. The summed E-state index contributed by atoms with van der Waals surface area (Å²) in [6, 6.07) is 4.94. The summed E-state index contributed by atoms with van der Waals surface area (Å²) in [5.74, 6) is -2.06. The number of nitrogens with one attached hydrogen (secondary N) is 1. The normalized spacial score (nSPS) is 21.3. The van der Waals surface area contributed by atoms with E-state index in [0.717, 1.165) is 24.2 Å². The molecule has 0 radical (unpaired) electrons. The number of carbonyl (C=O) groups is 2. The zero-order chi connectivity index (χ0) is 27.8. The van der Waals surface area contributed by atoms with Crippen LogP contribution in [0.5, 0.6) is 5.75 Å². The average Bonchev–Trinajstić information content (AvgIpc) is 3.46. The zero-order valence-corrected chi connectivity index (χ0v) is 23.7. The average molecular weight is 686 g/mol. The molecule has 204 valence electrons. The summed E-state index contributed by atoms with van der Waals surface area (Å²) in [5, 5.41) is 3.05. The number of amidine groups is 1. The fourth-order valence-corrected chi connectivity index (χ4v) is 6.57. The van der Waals surface area contributed by atoms with E-state index < -0.39 is 27.4 Å². The number of nitrogens with zero attached hydrogens (tertiary/aromatic N) is 4. The minimum Gasteiger partial charge on any atom is -0.403 e. The maximum atomic E-state index is 14.8. The summed E-state index contributed by atoms with van der Waals surface area (Å²) in [4.78, 5) is 36.8. The van der Waals surface area contributed by atoms with Crippen molar-refractivity contribution in [3.8, 4) is 5.75 Å². The number of alkyl halides is 4. The van der Waals surface area contributed by atoms with Gasteiger partial charge in [-0.05, 0) is 41.1 Å². The molecule has 2 amide bonds. The standard InChI is InChI=1S/C23H21ClF4IN5O3S/c1-12(35)33(2)14-6-7-34(10-14)19-16(24)8-13(9-30-19)20(36)31-21-32-22(29,11-38-21)15-4-3-5-17(18(15)25)37-23(26,27)28/h3-5,8-9,14H,6-7,10-11H2,1-2H3,(H,31,32,36). The summed E-state index contributed by atoms with van der Waals surface area (Å²) in [6.07, 6.45) is -2.91. The lowest BCUT2D eigenvalue weighted by Gasteiger charge is -2.24. The maximum Gasteiger partial charge on any atom is 0.573 e. The van der Waals surface area contributed by atoms with Crippen LogP contribution in [0, 0.1) is 5.82 Å². The van der Waals surface area contributed by atoms with E-state index in [1.54, 1.807) is 11.9 Å². The monoisotopic (exact) mass is 685 g/mol. The van der Waals surface area contributed by atoms with Crippen LogP contribution in [0.4, 0.5) is 23.4 Å². The summed E-state index contributed by atoms with van der Waals surface area (Å²) < 4.78 is 55.2.